The molecule has 2 unspecified atom stereocenters. The summed E-state index contributed by atoms with van der Waals surface area (Å²) in [5.41, 5.74) is 0. The molecule has 520 valence electrons. The highest BCUT2D eigenvalue weighted by Gasteiger charge is 2.22. The van der Waals surface area contributed by atoms with E-state index < -0.39 is 26.5 Å². The molecule has 0 rings (SSSR count). The molecule has 0 radical (unpaired) electrons. The lowest BCUT2D eigenvalue weighted by Gasteiger charge is -2.28. The lowest BCUT2D eigenvalue weighted by Crippen LogP contribution is -2.37. The highest BCUT2D eigenvalue weighted by molar-refractivity contribution is 7.45. The van der Waals surface area contributed by atoms with Crippen molar-refractivity contribution in [2.45, 2.75) is 341 Å². The van der Waals surface area contributed by atoms with E-state index in [9.17, 15) is 19.0 Å². The molecule has 0 saturated carbocycles. The maximum atomic E-state index is 12.9. The average molecular weight is 1280 g/mol. The van der Waals surface area contributed by atoms with Crippen molar-refractivity contribution in [3.05, 3.63) is 109 Å². The lowest BCUT2D eigenvalue weighted by atomic mass is 10.0. The molecular formula is C80H142NO8P. The number of esters is 2. The van der Waals surface area contributed by atoms with Gasteiger partial charge in [0, 0.05) is 12.8 Å². The number of phosphoric ester groups is 1. The summed E-state index contributed by atoms with van der Waals surface area (Å²) in [5.74, 6) is -0.857. The number of hydrogen-bond acceptors (Lipinski definition) is 8. The zero-order chi connectivity index (χ0) is 65.5. The van der Waals surface area contributed by atoms with Crippen molar-refractivity contribution in [2.75, 3.05) is 47.5 Å². The van der Waals surface area contributed by atoms with Crippen LogP contribution in [-0.4, -0.2) is 70.0 Å². The van der Waals surface area contributed by atoms with Crippen LogP contribution in [-0.2, 0) is 32.7 Å². The number of carbonyl (C=O) groups excluding carboxylic acids is 2. The predicted molar refractivity (Wildman–Crippen MR) is 388 cm³/mol. The van der Waals surface area contributed by atoms with Crippen LogP contribution in [0.25, 0.3) is 0 Å². The van der Waals surface area contributed by atoms with Crippen LogP contribution in [0.4, 0.5) is 0 Å². The first-order valence-corrected chi connectivity index (χ1v) is 39.1. The number of carbonyl (C=O) groups is 2. The van der Waals surface area contributed by atoms with Crippen LogP contribution in [0, 0.1) is 0 Å². The minimum atomic E-state index is -4.66. The van der Waals surface area contributed by atoms with Gasteiger partial charge in [0.15, 0.2) is 6.10 Å². The minimum absolute atomic E-state index is 0.0403. The zero-order valence-electron chi connectivity index (χ0n) is 59.3. The molecule has 0 N–H and O–H groups in total. The quantitative estimate of drug-likeness (QED) is 0.0195. The van der Waals surface area contributed by atoms with Crippen LogP contribution in [0.3, 0.4) is 0 Å². The number of hydrogen-bond donors (Lipinski definition) is 0. The van der Waals surface area contributed by atoms with E-state index in [1.807, 2.05) is 21.1 Å². The maximum Gasteiger partial charge on any atom is 0.306 e. The number of unbranched alkanes of at least 4 members (excludes halogenated alkanes) is 37. The van der Waals surface area contributed by atoms with Crippen LogP contribution in [0.1, 0.15) is 335 Å². The number of likely N-dealkylation sites (N-methyl/N-ethyl adjacent to an activating group) is 1. The Kier molecular flexibility index (Phi) is 67.4. The van der Waals surface area contributed by atoms with Gasteiger partial charge in [-0.05, 0) is 103 Å². The van der Waals surface area contributed by atoms with E-state index in [1.165, 1.54) is 205 Å². The van der Waals surface area contributed by atoms with Crippen molar-refractivity contribution in [1.82, 2.24) is 0 Å². The van der Waals surface area contributed by atoms with Crippen molar-refractivity contribution in [3.63, 3.8) is 0 Å². The number of phosphoric acid groups is 1. The van der Waals surface area contributed by atoms with E-state index in [0.29, 0.717) is 17.4 Å². The van der Waals surface area contributed by atoms with Gasteiger partial charge in [0.2, 0.25) is 0 Å². The molecule has 0 aliphatic heterocycles. The van der Waals surface area contributed by atoms with Gasteiger partial charge in [0.1, 0.15) is 19.8 Å². The molecule has 0 heterocycles. The standard InChI is InChI=1S/C80H142NO8P/c1-6-8-10-12-14-16-18-20-22-24-26-28-30-32-34-36-37-38-39-40-41-42-43-45-46-48-50-52-54-56-58-60-62-64-66-68-70-72-79(82)86-76-78(77-88-90(84,85)87-75-74-81(3,4)5)89-80(83)73-71-69-67-65-63-61-59-57-55-53-51-49-47-44-35-33-31-29-27-25-23-21-19-17-15-13-11-9-7-2/h9,11,15,17,21,23-24,26-27,29,33,35,47,49,53,55,59,61,78H,6-8,10,12-14,16,18-20,22,25,28,30-32,34,36-46,48,50-52,54,56-58,60,62-77H2,1-5H3/b11-9-,17-15-,23-21-,26-24-,29-27-,35-33-,49-47-,55-53-,61-59-. The van der Waals surface area contributed by atoms with Crippen molar-refractivity contribution in [1.29, 1.82) is 0 Å². The number of rotatable bonds is 69. The second kappa shape index (κ2) is 70.0. The van der Waals surface area contributed by atoms with Crippen LogP contribution >= 0.6 is 7.82 Å². The van der Waals surface area contributed by atoms with Gasteiger partial charge in [-0.15, -0.1) is 0 Å². The van der Waals surface area contributed by atoms with E-state index in [-0.39, 0.29) is 32.0 Å². The third kappa shape index (κ3) is 73.7. The molecule has 0 aliphatic rings. The molecule has 10 heteroatoms. The molecule has 0 aromatic heterocycles. The first-order chi connectivity index (χ1) is 44.0. The fraction of sp³-hybridized carbons (Fsp3) is 0.750. The first kappa shape index (κ1) is 86.7. The first-order valence-electron chi connectivity index (χ1n) is 37.6. The second-order valence-corrected chi connectivity index (χ2v) is 27.7. The molecule has 2 atom stereocenters. The number of allylic oxidation sites excluding steroid dienone is 18. The van der Waals surface area contributed by atoms with Crippen molar-refractivity contribution >= 4 is 19.8 Å². The molecule has 0 amide bonds. The topological polar surface area (TPSA) is 111 Å². The largest absolute Gasteiger partial charge is 0.756 e. The number of ether oxygens (including phenoxy) is 2. The summed E-state index contributed by atoms with van der Waals surface area (Å²) in [7, 11) is 1.14. The van der Waals surface area contributed by atoms with Crippen molar-refractivity contribution in [2.24, 2.45) is 0 Å². The molecular weight excluding hydrogens is 1130 g/mol. The van der Waals surface area contributed by atoms with E-state index in [4.69, 9.17) is 18.5 Å². The highest BCUT2D eigenvalue weighted by Crippen LogP contribution is 2.38. The third-order valence-corrected chi connectivity index (χ3v) is 17.2. The Balaban J connectivity index is 4.03. The average Bonchev–Trinajstić information content (AvgIpc) is 3.58. The Labute approximate surface area is 556 Å². The van der Waals surface area contributed by atoms with E-state index >= 15 is 0 Å². The van der Waals surface area contributed by atoms with E-state index in [0.717, 1.165) is 96.3 Å². The van der Waals surface area contributed by atoms with Crippen LogP contribution in [0.5, 0.6) is 0 Å². The van der Waals surface area contributed by atoms with Gasteiger partial charge in [-0.3, -0.25) is 14.2 Å². The summed E-state index contributed by atoms with van der Waals surface area (Å²) < 4.78 is 34.3. The van der Waals surface area contributed by atoms with Gasteiger partial charge in [-0.25, -0.2) is 0 Å². The zero-order valence-corrected chi connectivity index (χ0v) is 60.2. The highest BCUT2D eigenvalue weighted by atomic mass is 31.2. The van der Waals surface area contributed by atoms with Gasteiger partial charge in [-0.1, -0.05) is 329 Å². The molecule has 9 nitrogen and oxygen atoms in total. The number of nitrogens with zero attached hydrogens (tertiary/aromatic N) is 1. The maximum absolute atomic E-state index is 12.9. The number of quaternary nitrogens is 1. The van der Waals surface area contributed by atoms with E-state index in [2.05, 4.69) is 123 Å². The third-order valence-electron chi connectivity index (χ3n) is 16.3. The Bertz CT molecular complexity index is 1890. The summed E-state index contributed by atoms with van der Waals surface area (Å²) in [4.78, 5) is 38.1. The van der Waals surface area contributed by atoms with Crippen LogP contribution in [0.2, 0.25) is 0 Å². The lowest BCUT2D eigenvalue weighted by molar-refractivity contribution is -0.870. The fourth-order valence-corrected chi connectivity index (χ4v) is 11.3. The van der Waals surface area contributed by atoms with Gasteiger partial charge in [0.25, 0.3) is 7.82 Å². The second-order valence-electron chi connectivity index (χ2n) is 26.3. The van der Waals surface area contributed by atoms with Gasteiger partial charge < -0.3 is 27.9 Å². The summed E-state index contributed by atoms with van der Waals surface area (Å²) in [6.07, 6.45) is 99.2. The molecule has 0 aromatic carbocycles. The predicted octanol–water partition coefficient (Wildman–Crippen LogP) is 24.2. The summed E-state index contributed by atoms with van der Waals surface area (Å²) in [6.45, 7) is 4.12. The molecule has 0 aromatic rings. The fourth-order valence-electron chi connectivity index (χ4n) is 10.6. The van der Waals surface area contributed by atoms with E-state index in [1.54, 1.807) is 0 Å². The molecule has 0 aliphatic carbocycles. The SMILES string of the molecule is CC/C=C\C/C=C\C/C=C\C/C=C\C/C=C\C/C=C\C/C=C\C/C=C\CCCCCCC(=O)OC(COC(=O)CCCCCCCCCCCCCCCCCCCCCCCCCCC/C=C\CCCCCCCCCC)COP(=O)([O-])OCC[N+](C)(C)C. The van der Waals surface area contributed by atoms with Crippen molar-refractivity contribution in [3.8, 4) is 0 Å². The molecule has 0 fully saturated rings. The monoisotopic (exact) mass is 1280 g/mol. The van der Waals surface area contributed by atoms with Crippen LogP contribution < -0.4 is 4.89 Å². The molecule has 0 bridgehead atoms. The normalized spacial score (nSPS) is 13.7. The smallest absolute Gasteiger partial charge is 0.306 e. The molecule has 90 heavy (non-hydrogen) atoms. The summed E-state index contributed by atoms with van der Waals surface area (Å²) >= 11 is 0. The van der Waals surface area contributed by atoms with Gasteiger partial charge in [0.05, 0.1) is 27.7 Å². The Morgan fingerprint density at radius 3 is 0.956 bits per heavy atom. The summed E-state index contributed by atoms with van der Waals surface area (Å²) in [5, 5.41) is 0. The Morgan fingerprint density at radius 1 is 0.356 bits per heavy atom. The van der Waals surface area contributed by atoms with Crippen molar-refractivity contribution < 1.29 is 42.1 Å². The van der Waals surface area contributed by atoms with Gasteiger partial charge >= 0.3 is 11.9 Å². The Morgan fingerprint density at radius 2 is 0.633 bits per heavy atom. The van der Waals surface area contributed by atoms with Crippen LogP contribution in [0.15, 0.2) is 109 Å². The Hall–Kier alpha value is -3.33. The molecule has 0 saturated heterocycles. The minimum Gasteiger partial charge on any atom is -0.756 e. The summed E-state index contributed by atoms with van der Waals surface area (Å²) in [6, 6.07) is 0. The molecule has 0 spiro atoms. The van der Waals surface area contributed by atoms with Gasteiger partial charge in [-0.2, -0.15) is 0 Å².